The summed E-state index contributed by atoms with van der Waals surface area (Å²) in [6.45, 7) is 0. The molecule has 1 aromatic carbocycles. The van der Waals surface area contributed by atoms with Crippen LogP contribution in [-0.4, -0.2) is 21.6 Å². The van der Waals surface area contributed by atoms with Gasteiger partial charge in [-0.25, -0.2) is 0 Å². The van der Waals surface area contributed by atoms with Crippen molar-refractivity contribution >= 4 is 52.2 Å². The molecule has 0 fully saturated rings. The van der Waals surface area contributed by atoms with Crippen molar-refractivity contribution in [1.82, 2.24) is 4.90 Å². The van der Waals surface area contributed by atoms with Crippen molar-refractivity contribution in [2.45, 2.75) is 11.7 Å². The summed E-state index contributed by atoms with van der Waals surface area (Å²) in [6.07, 6.45) is -4.77. The van der Waals surface area contributed by atoms with E-state index >= 15 is 0 Å². The molecule has 0 spiro atoms. The molecule has 0 radical (unpaired) electrons. The molecule has 2 N–H and O–H groups in total. The molecule has 1 heterocycles. The first kappa shape index (κ1) is 17.4. The van der Waals surface area contributed by atoms with Crippen LogP contribution in [0.4, 0.5) is 13.2 Å². The lowest BCUT2D eigenvalue weighted by Gasteiger charge is -2.28. The zero-order valence-electron chi connectivity index (χ0n) is 10.5. The monoisotopic (exact) mass is 383 g/mol. The van der Waals surface area contributed by atoms with Gasteiger partial charge in [-0.05, 0) is 18.2 Å². The van der Waals surface area contributed by atoms with E-state index in [9.17, 15) is 13.2 Å². The lowest BCUT2D eigenvalue weighted by molar-refractivity contribution is -0.105. The van der Waals surface area contributed by atoms with Crippen LogP contribution in [-0.2, 0) is 0 Å². The van der Waals surface area contributed by atoms with Gasteiger partial charge in [0.2, 0.25) is 0 Å². The van der Waals surface area contributed by atoms with Gasteiger partial charge >= 0.3 is 6.18 Å². The van der Waals surface area contributed by atoms with Gasteiger partial charge in [0, 0.05) is 10.6 Å². The van der Waals surface area contributed by atoms with Crippen molar-refractivity contribution in [3.63, 3.8) is 0 Å². The first-order chi connectivity index (χ1) is 10.2. The molecule has 0 bridgehead atoms. The van der Waals surface area contributed by atoms with Crippen LogP contribution in [0.2, 0.25) is 10.0 Å². The van der Waals surface area contributed by atoms with Crippen LogP contribution < -0.4 is 5.73 Å². The fraction of sp³-hybridized carbons (Fsp3) is 0.167. The number of nitrogens with two attached hydrogens (primary N) is 1. The van der Waals surface area contributed by atoms with Gasteiger partial charge in [-0.3, -0.25) is 0 Å². The van der Waals surface area contributed by atoms with Gasteiger partial charge in [0.15, 0.2) is 5.70 Å². The third-order valence-corrected chi connectivity index (χ3v) is 4.64. The molecular formula is C12H6Cl2F3N3S2. The van der Waals surface area contributed by atoms with Gasteiger partial charge < -0.3 is 10.6 Å². The normalized spacial score (nSPS) is 18.6. The third kappa shape index (κ3) is 3.19. The maximum atomic E-state index is 13.2. The highest BCUT2D eigenvalue weighted by Gasteiger charge is 2.48. The molecule has 22 heavy (non-hydrogen) atoms. The Morgan fingerprint density at radius 2 is 2.05 bits per heavy atom. The van der Waals surface area contributed by atoms with Crippen molar-refractivity contribution in [3.05, 3.63) is 44.4 Å². The molecule has 0 aromatic heterocycles. The number of nitrogens with zero attached hydrogens (tertiary/aromatic N) is 2. The van der Waals surface area contributed by atoms with E-state index < -0.39 is 22.3 Å². The summed E-state index contributed by atoms with van der Waals surface area (Å²) in [7, 11) is 0. The predicted octanol–water partition coefficient (Wildman–Crippen LogP) is 4.26. The molecule has 0 aliphatic carbocycles. The van der Waals surface area contributed by atoms with Crippen LogP contribution in [0, 0.1) is 11.3 Å². The zero-order valence-corrected chi connectivity index (χ0v) is 13.6. The predicted molar refractivity (Wildman–Crippen MR) is 84.3 cm³/mol. The molecule has 2 rings (SSSR count). The highest BCUT2D eigenvalue weighted by Crippen LogP contribution is 2.44. The van der Waals surface area contributed by atoms with Crippen LogP contribution in [0.15, 0.2) is 28.8 Å². The second-order valence-electron chi connectivity index (χ2n) is 4.10. The van der Waals surface area contributed by atoms with E-state index in [0.717, 1.165) is 0 Å². The Kier molecular flexibility index (Phi) is 4.94. The van der Waals surface area contributed by atoms with Crippen molar-refractivity contribution in [1.29, 1.82) is 5.26 Å². The Morgan fingerprint density at radius 3 is 2.55 bits per heavy atom. The van der Waals surface area contributed by atoms with Crippen molar-refractivity contribution in [2.24, 2.45) is 5.73 Å². The molecule has 10 heteroatoms. The van der Waals surface area contributed by atoms with Crippen LogP contribution in [0.1, 0.15) is 5.56 Å². The highest BCUT2D eigenvalue weighted by atomic mass is 35.5. The second-order valence-corrected chi connectivity index (χ2v) is 6.45. The number of thioether (sulfide) groups is 1. The quantitative estimate of drug-likeness (QED) is 0.734. The fourth-order valence-electron chi connectivity index (χ4n) is 1.82. The molecule has 1 aliphatic heterocycles. The lowest BCUT2D eigenvalue weighted by Crippen LogP contribution is -2.43. The summed E-state index contributed by atoms with van der Waals surface area (Å²) in [5, 5.41) is 9.30. The average molecular weight is 384 g/mol. The largest absolute Gasteiger partial charge is 0.433 e. The summed E-state index contributed by atoms with van der Waals surface area (Å²) >= 11 is 17.4. The Bertz CT molecular complexity index is 713. The minimum atomic E-state index is -4.77. The van der Waals surface area contributed by atoms with Gasteiger partial charge in [-0.1, -0.05) is 47.2 Å². The van der Waals surface area contributed by atoms with Crippen LogP contribution >= 0.6 is 47.2 Å². The smallest absolute Gasteiger partial charge is 0.302 e. The Hall–Kier alpha value is -0.980. The van der Waals surface area contributed by atoms with E-state index in [4.69, 9.17) is 46.4 Å². The van der Waals surface area contributed by atoms with E-state index in [2.05, 4.69) is 0 Å². The van der Waals surface area contributed by atoms with E-state index in [0.29, 0.717) is 21.7 Å². The summed E-state index contributed by atoms with van der Waals surface area (Å²) < 4.78 is 39.7. The number of thiocarbonyl (C=S) groups is 1. The molecule has 1 aliphatic rings. The average Bonchev–Trinajstić information content (AvgIpc) is 2.74. The number of hydrogen-bond acceptors (Lipinski definition) is 4. The van der Waals surface area contributed by atoms with Crippen LogP contribution in [0.5, 0.6) is 0 Å². The summed E-state index contributed by atoms with van der Waals surface area (Å²) in [5.41, 5.74) is 3.53. The maximum absolute atomic E-state index is 13.2. The van der Waals surface area contributed by atoms with Gasteiger partial charge in [-0.15, -0.1) is 0 Å². The fourth-order valence-corrected chi connectivity index (χ4v) is 3.76. The summed E-state index contributed by atoms with van der Waals surface area (Å²) in [5.74, 6) is 0. The van der Waals surface area contributed by atoms with Crippen molar-refractivity contribution in [2.75, 3.05) is 0 Å². The number of alkyl halides is 3. The molecule has 116 valence electrons. The number of rotatable bonds is 1. The summed E-state index contributed by atoms with van der Waals surface area (Å²) in [4.78, 5) is -0.0695. The first-order valence-corrected chi connectivity index (χ1v) is 7.63. The Morgan fingerprint density at radius 1 is 1.41 bits per heavy atom. The van der Waals surface area contributed by atoms with E-state index in [1.807, 2.05) is 0 Å². The number of hydrogen-bond donors (Lipinski definition) is 1. The van der Waals surface area contributed by atoms with E-state index in [-0.39, 0.29) is 15.6 Å². The molecule has 1 aromatic rings. The molecule has 3 nitrogen and oxygen atoms in total. The van der Waals surface area contributed by atoms with E-state index in [1.54, 1.807) is 0 Å². The Balaban J connectivity index is 2.52. The van der Waals surface area contributed by atoms with Crippen molar-refractivity contribution in [3.8, 4) is 6.07 Å². The SMILES string of the molecule is N#CC1=C(C(F)(F)F)N(C(=S)c2ccc(Cl)cc2Cl)C(N)S1. The second kappa shape index (κ2) is 6.26. The number of halogens is 5. The Labute approximate surface area is 143 Å². The third-order valence-electron chi connectivity index (χ3n) is 2.70. The maximum Gasteiger partial charge on any atom is 0.433 e. The number of benzene rings is 1. The van der Waals surface area contributed by atoms with Crippen molar-refractivity contribution < 1.29 is 13.2 Å². The van der Waals surface area contributed by atoms with Crippen LogP contribution in [0.3, 0.4) is 0 Å². The standard InChI is InChI=1S/C12H6Cl2F3N3S2/c13-5-1-2-6(7(14)3-5)10(21)20-9(12(15,16)17)8(4-18)22-11(20)19/h1-3,11H,19H2. The highest BCUT2D eigenvalue weighted by molar-refractivity contribution is 8.04. The zero-order chi connectivity index (χ0) is 16.7. The lowest BCUT2D eigenvalue weighted by atomic mass is 10.2. The van der Waals surface area contributed by atoms with E-state index in [1.165, 1.54) is 24.3 Å². The number of allylic oxidation sites excluding steroid dienone is 2. The molecule has 1 atom stereocenters. The molecule has 0 saturated carbocycles. The molecule has 0 saturated heterocycles. The van der Waals surface area contributed by atoms with Gasteiger partial charge in [0.1, 0.15) is 21.5 Å². The first-order valence-electron chi connectivity index (χ1n) is 5.59. The van der Waals surface area contributed by atoms with Crippen LogP contribution in [0.25, 0.3) is 0 Å². The minimum Gasteiger partial charge on any atom is -0.302 e. The van der Waals surface area contributed by atoms with Gasteiger partial charge in [0.05, 0.1) is 5.02 Å². The minimum absolute atomic E-state index is 0.0987. The molecule has 1 unspecified atom stereocenters. The molecule has 0 amide bonds. The number of nitriles is 1. The molecular weight excluding hydrogens is 378 g/mol. The van der Waals surface area contributed by atoms with Gasteiger partial charge in [-0.2, -0.15) is 18.4 Å². The summed E-state index contributed by atoms with van der Waals surface area (Å²) in [6, 6.07) is 5.72. The topological polar surface area (TPSA) is 53.0 Å². The van der Waals surface area contributed by atoms with Gasteiger partial charge in [0.25, 0.3) is 0 Å².